The van der Waals surface area contributed by atoms with Gasteiger partial charge in [-0.05, 0) is 6.92 Å². The van der Waals surface area contributed by atoms with E-state index in [1.165, 1.54) is 22.6 Å². The molecule has 2 nitrogen and oxygen atoms in total. The third-order valence-electron chi connectivity index (χ3n) is 0.255. The minimum atomic E-state index is -0.510. The van der Waals surface area contributed by atoms with Crippen LogP contribution < -0.4 is 0 Å². The summed E-state index contributed by atoms with van der Waals surface area (Å²) in [5.74, 6) is 0. The molecule has 0 spiro atoms. The Labute approximate surface area is 60.3 Å². The molecule has 0 N–H and O–H groups in total. The molecule has 0 aromatic carbocycles. The number of carbonyl (C=O) groups excluding carboxylic acids is 1. The first kappa shape index (κ1) is 7.49. The third kappa shape index (κ3) is 6.49. The van der Waals surface area contributed by atoms with Crippen LogP contribution in [0.4, 0.5) is 4.79 Å². The first-order chi connectivity index (χ1) is 3.13. The number of halogens is 2. The number of carbonyl (C=O) groups is 1. The van der Waals surface area contributed by atoms with Gasteiger partial charge in [0.25, 0.3) is 0 Å². The third-order valence-corrected chi connectivity index (χ3v) is 0.598. The number of ether oxygens (including phenoxy) is 1. The van der Waals surface area contributed by atoms with Crippen molar-refractivity contribution in [1.29, 1.82) is 0 Å². The van der Waals surface area contributed by atoms with Crippen molar-refractivity contribution >= 4 is 38.2 Å². The molecule has 0 aromatic rings. The Balaban J connectivity index is 3.13. The van der Waals surface area contributed by atoms with Crippen LogP contribution in [0.5, 0.6) is 0 Å². The van der Waals surface area contributed by atoms with E-state index < -0.39 is 5.56 Å². The molecule has 42 valence electrons. The van der Waals surface area contributed by atoms with Gasteiger partial charge >= 0.3 is 3.98 Å². The summed E-state index contributed by atoms with van der Waals surface area (Å²) in [7, 11) is 0. The van der Waals surface area contributed by atoms with Gasteiger partial charge in [-0.1, -0.05) is 11.6 Å². The van der Waals surface area contributed by atoms with E-state index in [0.29, 0.717) is 0 Å². The van der Waals surface area contributed by atoms with Crippen molar-refractivity contribution in [3.05, 3.63) is 0 Å². The molecule has 0 amide bonds. The van der Waals surface area contributed by atoms with Crippen LogP contribution in [0.3, 0.4) is 0 Å². The average molecular weight is 234 g/mol. The highest BCUT2D eigenvalue weighted by molar-refractivity contribution is 14.1. The Hall–Kier alpha value is 0.490. The molecule has 0 saturated heterocycles. The van der Waals surface area contributed by atoms with E-state index in [1.54, 1.807) is 6.92 Å². The second-order valence-electron chi connectivity index (χ2n) is 0.898. The standard InChI is InChI=1S/C3H4ClIO2/c1-2(4)7-3(5)6/h2H,1H3. The van der Waals surface area contributed by atoms with Crippen LogP contribution in [0, 0.1) is 0 Å². The van der Waals surface area contributed by atoms with Gasteiger partial charge in [0.2, 0.25) is 0 Å². The van der Waals surface area contributed by atoms with Gasteiger partial charge in [-0.25, -0.2) is 4.79 Å². The van der Waals surface area contributed by atoms with Gasteiger partial charge in [0.1, 0.15) is 0 Å². The quantitative estimate of drug-likeness (QED) is 0.395. The van der Waals surface area contributed by atoms with Gasteiger partial charge < -0.3 is 4.74 Å². The maximum absolute atomic E-state index is 9.93. The lowest BCUT2D eigenvalue weighted by Gasteiger charge is -1.98. The fourth-order valence-corrected chi connectivity index (χ4v) is 0.740. The Morgan fingerprint density at radius 1 is 2.00 bits per heavy atom. The molecule has 0 saturated carbocycles. The highest BCUT2D eigenvalue weighted by Gasteiger charge is 1.97. The fraction of sp³-hybridized carbons (Fsp3) is 0.667. The number of hydrogen-bond donors (Lipinski definition) is 0. The summed E-state index contributed by atoms with van der Waals surface area (Å²) in [6.07, 6.45) is 0. The Morgan fingerprint density at radius 2 is 2.43 bits per heavy atom. The van der Waals surface area contributed by atoms with Crippen molar-refractivity contribution in [2.45, 2.75) is 12.5 Å². The molecule has 0 rings (SSSR count). The zero-order valence-electron chi connectivity index (χ0n) is 3.65. The maximum Gasteiger partial charge on any atom is 0.368 e. The SMILES string of the molecule is CC(Cl)OC(=O)I. The molecule has 0 aromatic heterocycles. The van der Waals surface area contributed by atoms with Crippen LogP contribution >= 0.6 is 34.2 Å². The second kappa shape index (κ2) is 3.49. The second-order valence-corrected chi connectivity index (χ2v) is 2.39. The lowest BCUT2D eigenvalue weighted by molar-refractivity contribution is 0.171. The summed E-state index contributed by atoms with van der Waals surface area (Å²) in [6, 6.07) is 0. The first-order valence-corrected chi connectivity index (χ1v) is 3.14. The van der Waals surface area contributed by atoms with E-state index in [9.17, 15) is 4.79 Å². The van der Waals surface area contributed by atoms with Gasteiger partial charge in [-0.2, -0.15) is 0 Å². The van der Waals surface area contributed by atoms with E-state index >= 15 is 0 Å². The summed E-state index contributed by atoms with van der Waals surface area (Å²) in [5.41, 5.74) is -0.510. The van der Waals surface area contributed by atoms with Crippen LogP contribution in [0.1, 0.15) is 6.92 Å². The summed E-state index contributed by atoms with van der Waals surface area (Å²) >= 11 is 6.74. The molecule has 0 aliphatic carbocycles. The average Bonchev–Trinajstić information content (AvgIpc) is 1.27. The summed E-state index contributed by atoms with van der Waals surface area (Å²) in [4.78, 5) is 9.93. The molecule has 7 heavy (non-hydrogen) atoms. The molecule has 1 unspecified atom stereocenters. The van der Waals surface area contributed by atoms with Gasteiger partial charge in [-0.15, -0.1) is 0 Å². The highest BCUT2D eigenvalue weighted by atomic mass is 127. The molecule has 0 aliphatic rings. The molecule has 1 atom stereocenters. The Morgan fingerprint density at radius 3 is 2.43 bits per heavy atom. The smallest absolute Gasteiger partial charge is 0.368 e. The normalized spacial score (nSPS) is 13.0. The lowest BCUT2D eigenvalue weighted by Crippen LogP contribution is -1.99. The maximum atomic E-state index is 9.93. The topological polar surface area (TPSA) is 26.3 Å². The monoisotopic (exact) mass is 234 g/mol. The molecular weight excluding hydrogens is 230 g/mol. The van der Waals surface area contributed by atoms with E-state index in [0.717, 1.165) is 0 Å². The zero-order valence-corrected chi connectivity index (χ0v) is 6.56. The van der Waals surface area contributed by atoms with Crippen molar-refractivity contribution in [2.24, 2.45) is 0 Å². The summed E-state index contributed by atoms with van der Waals surface area (Å²) < 4.78 is 3.99. The van der Waals surface area contributed by atoms with Crippen LogP contribution in [0.25, 0.3) is 0 Å². The van der Waals surface area contributed by atoms with Crippen molar-refractivity contribution in [2.75, 3.05) is 0 Å². The van der Waals surface area contributed by atoms with Gasteiger partial charge in [-0.3, -0.25) is 0 Å². The summed E-state index contributed by atoms with van der Waals surface area (Å²) in [6.45, 7) is 1.58. The molecular formula is C3H4ClIO2. The minimum Gasteiger partial charge on any atom is -0.439 e. The largest absolute Gasteiger partial charge is 0.439 e. The van der Waals surface area contributed by atoms with E-state index in [2.05, 4.69) is 4.74 Å². The lowest BCUT2D eigenvalue weighted by atomic mass is 10.9. The number of alkyl halides is 1. The van der Waals surface area contributed by atoms with E-state index in [4.69, 9.17) is 11.6 Å². The van der Waals surface area contributed by atoms with Gasteiger partial charge in [0, 0.05) is 0 Å². The highest BCUT2D eigenvalue weighted by Crippen LogP contribution is 2.00. The number of rotatable bonds is 1. The van der Waals surface area contributed by atoms with Crippen molar-refractivity contribution in [3.8, 4) is 0 Å². The van der Waals surface area contributed by atoms with Crippen LogP contribution in [0.2, 0.25) is 0 Å². The van der Waals surface area contributed by atoms with E-state index in [1.807, 2.05) is 0 Å². The molecule has 0 bridgehead atoms. The molecule has 0 fully saturated rings. The minimum absolute atomic E-state index is 0.375. The van der Waals surface area contributed by atoms with Crippen LogP contribution in [-0.2, 0) is 4.74 Å². The van der Waals surface area contributed by atoms with Crippen LogP contribution in [0.15, 0.2) is 0 Å². The van der Waals surface area contributed by atoms with Gasteiger partial charge in [0.05, 0.1) is 22.6 Å². The molecule has 0 radical (unpaired) electrons. The predicted octanol–water partition coefficient (Wildman–Crippen LogP) is 2.14. The zero-order chi connectivity index (χ0) is 5.86. The van der Waals surface area contributed by atoms with E-state index in [-0.39, 0.29) is 3.98 Å². The summed E-state index contributed by atoms with van der Waals surface area (Å²) in [5, 5.41) is 0. The Kier molecular flexibility index (Phi) is 3.73. The van der Waals surface area contributed by atoms with Crippen LogP contribution in [-0.4, -0.2) is 9.54 Å². The number of hydrogen-bond acceptors (Lipinski definition) is 2. The van der Waals surface area contributed by atoms with Crippen molar-refractivity contribution < 1.29 is 9.53 Å². The van der Waals surface area contributed by atoms with Crippen molar-refractivity contribution in [1.82, 2.24) is 0 Å². The fourth-order valence-electron chi connectivity index (χ4n) is 0.128. The van der Waals surface area contributed by atoms with Crippen molar-refractivity contribution in [3.63, 3.8) is 0 Å². The Bertz CT molecular complexity index is 73.3. The predicted molar refractivity (Wildman–Crippen MR) is 35.8 cm³/mol. The van der Waals surface area contributed by atoms with Gasteiger partial charge in [0.15, 0.2) is 5.56 Å². The molecule has 0 heterocycles. The molecule has 4 heteroatoms. The molecule has 0 aliphatic heterocycles. The first-order valence-electron chi connectivity index (χ1n) is 1.63.